The molecule has 5 rings (SSSR count). The van der Waals surface area contributed by atoms with E-state index in [2.05, 4.69) is 10.2 Å². The molecule has 0 atom stereocenters. The Hall–Kier alpha value is -1.95. The normalized spacial score (nSPS) is 24.2. The van der Waals surface area contributed by atoms with Crippen molar-refractivity contribution in [3.05, 3.63) is 18.2 Å². The van der Waals surface area contributed by atoms with Gasteiger partial charge in [-0.1, -0.05) is 12.8 Å². The van der Waals surface area contributed by atoms with Gasteiger partial charge >= 0.3 is 6.03 Å². The number of nitrogens with zero attached hydrogens (tertiary/aromatic N) is 2. The highest BCUT2D eigenvalue weighted by Gasteiger charge is 2.44. The first kappa shape index (κ1) is 20.0. The van der Waals surface area contributed by atoms with Crippen molar-refractivity contribution in [3.63, 3.8) is 0 Å². The van der Waals surface area contributed by atoms with Gasteiger partial charge in [0.2, 0.25) is 0 Å². The van der Waals surface area contributed by atoms with E-state index in [1.54, 1.807) is 0 Å². The molecule has 1 aromatic rings. The molecule has 0 aromatic heterocycles. The number of hydrogen-bond acceptors (Lipinski definition) is 4. The molecule has 1 N–H and O–H groups in total. The Morgan fingerprint density at radius 1 is 0.933 bits per heavy atom. The maximum Gasteiger partial charge on any atom is 0.321 e. The lowest BCUT2D eigenvalue weighted by Crippen LogP contribution is -2.43. The van der Waals surface area contributed by atoms with Gasteiger partial charge in [0.05, 0.1) is 0 Å². The molecule has 1 aliphatic carbocycles. The highest BCUT2D eigenvalue weighted by molar-refractivity contribution is 5.89. The summed E-state index contributed by atoms with van der Waals surface area (Å²) in [4.78, 5) is 17.4. The summed E-state index contributed by atoms with van der Waals surface area (Å²) in [6.07, 6.45) is 11.8. The van der Waals surface area contributed by atoms with Crippen molar-refractivity contribution >= 4 is 11.7 Å². The maximum atomic E-state index is 12.8. The van der Waals surface area contributed by atoms with Crippen LogP contribution in [0.3, 0.4) is 0 Å². The lowest BCUT2D eigenvalue weighted by Gasteiger charge is -2.34. The van der Waals surface area contributed by atoms with Crippen LogP contribution in [0, 0.1) is 5.92 Å². The monoisotopic (exact) mass is 413 g/mol. The number of hydrogen-bond donors (Lipinski definition) is 1. The van der Waals surface area contributed by atoms with Gasteiger partial charge in [-0.05, 0) is 69.7 Å². The first-order valence-electron chi connectivity index (χ1n) is 12.0. The Morgan fingerprint density at radius 3 is 2.37 bits per heavy atom. The minimum absolute atomic E-state index is 0.00216. The third-order valence-corrected chi connectivity index (χ3v) is 7.27. The van der Waals surface area contributed by atoms with Crippen molar-refractivity contribution in [2.75, 3.05) is 38.0 Å². The molecule has 4 aliphatic rings. The number of anilines is 1. The molecular formula is C24H35N3O3. The maximum absolute atomic E-state index is 12.8. The van der Waals surface area contributed by atoms with Gasteiger partial charge < -0.3 is 24.6 Å². The summed E-state index contributed by atoms with van der Waals surface area (Å²) in [5.74, 6) is 1.82. The number of nitrogens with one attached hydrogen (secondary N) is 1. The zero-order valence-electron chi connectivity index (χ0n) is 18.0. The molecule has 0 bridgehead atoms. The molecule has 2 amide bonds. The van der Waals surface area contributed by atoms with Crippen LogP contribution in [0.5, 0.6) is 11.5 Å². The molecule has 3 fully saturated rings. The summed E-state index contributed by atoms with van der Waals surface area (Å²) in [6.45, 7) is 5.41. The first-order chi connectivity index (χ1) is 14.7. The number of urea groups is 1. The second-order valence-electron chi connectivity index (χ2n) is 9.56. The molecule has 164 valence electrons. The van der Waals surface area contributed by atoms with Crippen molar-refractivity contribution in [2.24, 2.45) is 5.92 Å². The van der Waals surface area contributed by atoms with Crippen molar-refractivity contribution in [3.8, 4) is 11.5 Å². The molecule has 0 radical (unpaired) electrons. The summed E-state index contributed by atoms with van der Waals surface area (Å²) < 4.78 is 12.2. The van der Waals surface area contributed by atoms with Crippen molar-refractivity contribution < 1.29 is 14.3 Å². The molecule has 1 spiro atoms. The van der Waals surface area contributed by atoms with Crippen molar-refractivity contribution in [1.29, 1.82) is 0 Å². The topological polar surface area (TPSA) is 54.0 Å². The molecular weight excluding hydrogens is 378 g/mol. The third-order valence-electron chi connectivity index (χ3n) is 7.27. The van der Waals surface area contributed by atoms with Crippen LogP contribution in [-0.2, 0) is 0 Å². The number of carbonyl (C=O) groups is 1. The van der Waals surface area contributed by atoms with Gasteiger partial charge in [-0.25, -0.2) is 4.79 Å². The Kier molecular flexibility index (Phi) is 5.77. The van der Waals surface area contributed by atoms with E-state index in [0.29, 0.717) is 0 Å². The largest absolute Gasteiger partial charge is 0.448 e. The van der Waals surface area contributed by atoms with Crippen LogP contribution >= 0.6 is 0 Å². The summed E-state index contributed by atoms with van der Waals surface area (Å²) in [6, 6.07) is 5.75. The number of amides is 2. The Bertz CT molecular complexity index is 746. The molecule has 6 heteroatoms. The van der Waals surface area contributed by atoms with Gasteiger partial charge in [-0.15, -0.1) is 0 Å². The fraction of sp³-hybridized carbons (Fsp3) is 0.708. The van der Waals surface area contributed by atoms with Crippen LogP contribution in [-0.4, -0.2) is 54.3 Å². The Labute approximate surface area is 179 Å². The number of piperidine rings is 1. The fourth-order valence-corrected chi connectivity index (χ4v) is 5.49. The average Bonchev–Trinajstić information content (AvgIpc) is 3.26. The Balaban J connectivity index is 1.11. The van der Waals surface area contributed by atoms with E-state index < -0.39 is 5.79 Å². The average molecular weight is 414 g/mol. The van der Waals surface area contributed by atoms with Crippen LogP contribution in [0.4, 0.5) is 10.5 Å². The first-order valence-corrected chi connectivity index (χ1v) is 12.0. The number of rotatable bonds is 3. The van der Waals surface area contributed by atoms with Gasteiger partial charge in [-0.3, -0.25) is 0 Å². The molecule has 0 unspecified atom stereocenters. The lowest BCUT2D eigenvalue weighted by molar-refractivity contribution is -0.0716. The molecule has 1 aromatic carbocycles. The predicted octanol–water partition coefficient (Wildman–Crippen LogP) is 4.85. The van der Waals surface area contributed by atoms with Crippen LogP contribution in [0.15, 0.2) is 18.2 Å². The second-order valence-corrected chi connectivity index (χ2v) is 9.56. The molecule has 6 nitrogen and oxygen atoms in total. The summed E-state index contributed by atoms with van der Waals surface area (Å²) in [5, 5.41) is 3.07. The standard InChI is InChI=1S/C24H35N3O3/c28-23(27-15-9-19(10-16-27)18-26-13-5-1-2-6-14-26)25-20-7-8-21-22(17-20)30-24(29-21)11-3-4-12-24/h7-8,17,19H,1-6,9-16,18H2,(H,25,28). The van der Waals surface area contributed by atoms with Crippen molar-refractivity contribution in [2.45, 2.75) is 70.0 Å². The van der Waals surface area contributed by atoms with E-state index in [0.717, 1.165) is 74.7 Å². The summed E-state index contributed by atoms with van der Waals surface area (Å²) >= 11 is 0. The number of fused-ring (bicyclic) bond motifs is 1. The fourth-order valence-electron chi connectivity index (χ4n) is 5.49. The quantitative estimate of drug-likeness (QED) is 0.770. The van der Waals surface area contributed by atoms with Crippen LogP contribution in [0.2, 0.25) is 0 Å². The van der Waals surface area contributed by atoms with Crippen LogP contribution in [0.1, 0.15) is 64.2 Å². The molecule has 3 heterocycles. The van der Waals surface area contributed by atoms with E-state index in [4.69, 9.17) is 9.47 Å². The van der Waals surface area contributed by atoms with Gasteiger partial charge in [0, 0.05) is 44.2 Å². The van der Waals surface area contributed by atoms with Gasteiger partial charge in [-0.2, -0.15) is 0 Å². The Morgan fingerprint density at radius 2 is 1.63 bits per heavy atom. The molecule has 30 heavy (non-hydrogen) atoms. The van der Waals surface area contributed by atoms with Crippen LogP contribution in [0.25, 0.3) is 0 Å². The zero-order chi connectivity index (χ0) is 20.4. The molecule has 3 aliphatic heterocycles. The predicted molar refractivity (Wildman–Crippen MR) is 117 cm³/mol. The summed E-state index contributed by atoms with van der Waals surface area (Å²) in [7, 11) is 0. The van der Waals surface area contributed by atoms with E-state index in [1.807, 2.05) is 23.1 Å². The summed E-state index contributed by atoms with van der Waals surface area (Å²) in [5.41, 5.74) is 0.782. The third kappa shape index (κ3) is 4.39. The van der Waals surface area contributed by atoms with Gasteiger partial charge in [0.25, 0.3) is 5.79 Å². The van der Waals surface area contributed by atoms with E-state index in [-0.39, 0.29) is 6.03 Å². The minimum Gasteiger partial charge on any atom is -0.448 e. The minimum atomic E-state index is -0.458. The molecule has 2 saturated heterocycles. The van der Waals surface area contributed by atoms with Crippen LogP contribution < -0.4 is 14.8 Å². The van der Waals surface area contributed by atoms with Gasteiger partial charge in [0.1, 0.15) is 0 Å². The van der Waals surface area contributed by atoms with E-state index in [1.165, 1.54) is 45.3 Å². The van der Waals surface area contributed by atoms with Crippen molar-refractivity contribution in [1.82, 2.24) is 9.80 Å². The highest BCUT2D eigenvalue weighted by atomic mass is 16.7. The SMILES string of the molecule is O=C(Nc1ccc2c(c1)OC1(CCCC1)O2)N1CCC(CN2CCCCCC2)CC1. The number of likely N-dealkylation sites (tertiary alicyclic amines) is 2. The van der Waals surface area contributed by atoms with E-state index in [9.17, 15) is 4.79 Å². The molecule has 1 saturated carbocycles. The zero-order valence-corrected chi connectivity index (χ0v) is 18.0. The smallest absolute Gasteiger partial charge is 0.321 e. The number of benzene rings is 1. The lowest BCUT2D eigenvalue weighted by atomic mass is 9.96. The second kappa shape index (κ2) is 8.66. The van der Waals surface area contributed by atoms with Gasteiger partial charge in [0.15, 0.2) is 11.5 Å². The number of ether oxygens (including phenoxy) is 2. The highest BCUT2D eigenvalue weighted by Crippen LogP contribution is 2.47. The number of carbonyl (C=O) groups excluding carboxylic acids is 1. The van der Waals surface area contributed by atoms with E-state index >= 15 is 0 Å².